The Balaban J connectivity index is 1.53. The second-order valence-corrected chi connectivity index (χ2v) is 8.35. The van der Waals surface area contributed by atoms with Gasteiger partial charge in [0.2, 0.25) is 5.91 Å². The van der Waals surface area contributed by atoms with E-state index in [2.05, 4.69) is 27.2 Å². The van der Waals surface area contributed by atoms with Crippen molar-refractivity contribution < 1.29 is 14.6 Å². The van der Waals surface area contributed by atoms with E-state index in [1.807, 2.05) is 18.2 Å². The Hall–Kier alpha value is -1.47. The van der Waals surface area contributed by atoms with E-state index in [1.165, 1.54) is 0 Å². The van der Waals surface area contributed by atoms with Gasteiger partial charge in [-0.2, -0.15) is 0 Å². The average molecular weight is 388 g/mol. The van der Waals surface area contributed by atoms with Gasteiger partial charge in [-0.15, -0.1) is 0 Å². The van der Waals surface area contributed by atoms with E-state index in [-0.39, 0.29) is 30.1 Å². The fraction of sp³-hybridized carbons (Fsp3) is 0.682. The first-order valence-corrected chi connectivity index (χ1v) is 10.8. The number of morpholine rings is 1. The number of rotatable bonds is 4. The van der Waals surface area contributed by atoms with Crippen LogP contribution in [0.2, 0.25) is 0 Å². The van der Waals surface area contributed by atoms with Crippen molar-refractivity contribution in [2.24, 2.45) is 5.92 Å². The van der Waals surface area contributed by atoms with Gasteiger partial charge in [0.05, 0.1) is 24.9 Å². The molecule has 4 rings (SSSR count). The number of aliphatic hydroxyl groups is 1. The molecule has 3 fully saturated rings. The summed E-state index contributed by atoms with van der Waals surface area (Å²) in [5.41, 5.74) is 1.16. The highest BCUT2D eigenvalue weighted by molar-refractivity contribution is 5.79. The zero-order valence-corrected chi connectivity index (χ0v) is 16.6. The van der Waals surface area contributed by atoms with E-state index in [4.69, 9.17) is 4.74 Å². The number of aliphatic hydroxyl groups excluding tert-OH is 1. The van der Waals surface area contributed by atoms with Crippen LogP contribution in [0.15, 0.2) is 30.3 Å². The van der Waals surface area contributed by atoms with Crippen molar-refractivity contribution in [3.63, 3.8) is 0 Å². The molecule has 0 aromatic heterocycles. The minimum Gasteiger partial charge on any atom is -0.393 e. The average Bonchev–Trinajstić information content (AvgIpc) is 2.76. The molecular formula is C22H33N3O3. The van der Waals surface area contributed by atoms with Gasteiger partial charge in [-0.3, -0.25) is 4.79 Å². The molecule has 1 aromatic rings. The van der Waals surface area contributed by atoms with Crippen LogP contribution >= 0.6 is 0 Å². The minimum atomic E-state index is -0.175. The first-order valence-electron chi connectivity index (χ1n) is 10.8. The quantitative estimate of drug-likeness (QED) is 0.818. The lowest BCUT2D eigenvalue weighted by Crippen LogP contribution is -2.54. The van der Waals surface area contributed by atoms with Crippen molar-refractivity contribution in [3.8, 4) is 0 Å². The maximum Gasteiger partial charge on any atom is 0.226 e. The molecule has 154 valence electrons. The van der Waals surface area contributed by atoms with E-state index in [9.17, 15) is 9.90 Å². The summed E-state index contributed by atoms with van der Waals surface area (Å²) in [4.78, 5) is 17.9. The molecule has 3 saturated heterocycles. The molecule has 2 atom stereocenters. The van der Waals surface area contributed by atoms with Gasteiger partial charge in [0, 0.05) is 32.1 Å². The molecule has 0 bridgehead atoms. The van der Waals surface area contributed by atoms with Crippen molar-refractivity contribution in [1.82, 2.24) is 15.1 Å². The highest BCUT2D eigenvalue weighted by Crippen LogP contribution is 2.33. The zero-order valence-electron chi connectivity index (χ0n) is 16.6. The van der Waals surface area contributed by atoms with E-state index in [0.717, 1.165) is 64.0 Å². The molecule has 3 aliphatic rings. The molecule has 0 spiro atoms. The van der Waals surface area contributed by atoms with Gasteiger partial charge in [0.15, 0.2) is 0 Å². The van der Waals surface area contributed by atoms with E-state index in [1.54, 1.807) is 0 Å². The Bertz CT molecular complexity index is 627. The molecule has 0 aliphatic carbocycles. The Labute approximate surface area is 167 Å². The summed E-state index contributed by atoms with van der Waals surface area (Å²) in [6.45, 7) is 5.71. The Morgan fingerprint density at radius 1 is 1.07 bits per heavy atom. The van der Waals surface area contributed by atoms with E-state index < -0.39 is 0 Å². The first kappa shape index (κ1) is 19.8. The molecule has 28 heavy (non-hydrogen) atoms. The lowest BCUT2D eigenvalue weighted by molar-refractivity contribution is -0.153. The lowest BCUT2D eigenvalue weighted by Gasteiger charge is -2.45. The van der Waals surface area contributed by atoms with Crippen molar-refractivity contribution in [2.45, 2.75) is 43.9 Å². The fourth-order valence-electron chi connectivity index (χ4n) is 4.84. The third kappa shape index (κ3) is 4.57. The molecule has 1 amide bonds. The van der Waals surface area contributed by atoms with Crippen molar-refractivity contribution in [3.05, 3.63) is 35.9 Å². The first-order chi connectivity index (χ1) is 13.7. The third-order valence-corrected chi connectivity index (χ3v) is 6.46. The number of nitrogens with zero attached hydrogens (tertiary/aromatic N) is 2. The van der Waals surface area contributed by atoms with Gasteiger partial charge in [0.1, 0.15) is 0 Å². The van der Waals surface area contributed by atoms with Crippen LogP contribution in [-0.2, 0) is 9.53 Å². The summed E-state index contributed by atoms with van der Waals surface area (Å²) in [5.74, 6) is 0.411. The predicted molar refractivity (Wildman–Crippen MR) is 108 cm³/mol. The van der Waals surface area contributed by atoms with E-state index in [0.29, 0.717) is 13.2 Å². The largest absolute Gasteiger partial charge is 0.393 e. The second-order valence-electron chi connectivity index (χ2n) is 8.35. The number of benzene rings is 1. The standard InChI is InChI=1S/C22H33N3O3/c26-19-8-12-24(13-9-19)16-20-21(17-4-2-1-3-5-17)25(14-15-28-20)22(27)18-6-10-23-11-7-18/h1-5,18-21,23,26H,6-16H2/t20-,21-/m0/s1. The van der Waals surface area contributed by atoms with Crippen LogP contribution in [0.4, 0.5) is 0 Å². The van der Waals surface area contributed by atoms with Crippen molar-refractivity contribution in [1.29, 1.82) is 0 Å². The topological polar surface area (TPSA) is 65.0 Å². The molecule has 6 nitrogen and oxygen atoms in total. The highest BCUT2D eigenvalue weighted by Gasteiger charge is 2.39. The van der Waals surface area contributed by atoms with E-state index >= 15 is 0 Å². The third-order valence-electron chi connectivity index (χ3n) is 6.46. The Morgan fingerprint density at radius 3 is 2.50 bits per heavy atom. The molecule has 1 aromatic carbocycles. The van der Waals surface area contributed by atoms with Gasteiger partial charge < -0.3 is 25.0 Å². The molecule has 2 N–H and O–H groups in total. The van der Waals surface area contributed by atoms with Crippen LogP contribution in [0, 0.1) is 5.92 Å². The maximum absolute atomic E-state index is 13.4. The number of likely N-dealkylation sites (tertiary alicyclic amines) is 1. The van der Waals surface area contributed by atoms with Gasteiger partial charge in [-0.1, -0.05) is 30.3 Å². The number of hydrogen-bond acceptors (Lipinski definition) is 5. The molecule has 0 radical (unpaired) electrons. The highest BCUT2D eigenvalue weighted by atomic mass is 16.5. The van der Waals surface area contributed by atoms with Gasteiger partial charge in [-0.05, 0) is 44.3 Å². The van der Waals surface area contributed by atoms with Crippen LogP contribution in [-0.4, -0.2) is 78.9 Å². The normalized spacial score (nSPS) is 28.4. The molecule has 0 saturated carbocycles. The summed E-state index contributed by atoms with van der Waals surface area (Å²) in [6.07, 6.45) is 3.28. The smallest absolute Gasteiger partial charge is 0.226 e. The molecule has 3 aliphatic heterocycles. The van der Waals surface area contributed by atoms with Crippen LogP contribution in [0.3, 0.4) is 0 Å². The number of amides is 1. The molecule has 0 unspecified atom stereocenters. The van der Waals surface area contributed by atoms with Crippen molar-refractivity contribution >= 4 is 5.91 Å². The fourth-order valence-corrected chi connectivity index (χ4v) is 4.84. The number of ether oxygens (including phenoxy) is 1. The van der Waals surface area contributed by atoms with Crippen LogP contribution in [0.5, 0.6) is 0 Å². The monoisotopic (exact) mass is 387 g/mol. The SMILES string of the molecule is O=C(C1CCNCC1)N1CCO[C@@H](CN2CCC(O)CC2)[C@@H]1c1ccccc1. The predicted octanol–water partition coefficient (Wildman–Crippen LogP) is 1.41. The summed E-state index contributed by atoms with van der Waals surface area (Å²) in [7, 11) is 0. The molecule has 6 heteroatoms. The van der Waals surface area contributed by atoms with Crippen LogP contribution in [0.1, 0.15) is 37.3 Å². The number of hydrogen-bond donors (Lipinski definition) is 2. The number of piperidine rings is 2. The Morgan fingerprint density at radius 2 is 1.79 bits per heavy atom. The molecular weight excluding hydrogens is 354 g/mol. The maximum atomic E-state index is 13.4. The lowest BCUT2D eigenvalue weighted by atomic mass is 9.92. The number of carbonyl (C=O) groups is 1. The van der Waals surface area contributed by atoms with Gasteiger partial charge in [0.25, 0.3) is 0 Å². The number of nitrogens with one attached hydrogen (secondary N) is 1. The van der Waals surface area contributed by atoms with Crippen LogP contribution < -0.4 is 5.32 Å². The molecule has 3 heterocycles. The van der Waals surface area contributed by atoms with Crippen molar-refractivity contribution in [2.75, 3.05) is 45.9 Å². The van der Waals surface area contributed by atoms with Gasteiger partial charge >= 0.3 is 0 Å². The second kappa shape index (κ2) is 9.35. The van der Waals surface area contributed by atoms with Crippen LogP contribution in [0.25, 0.3) is 0 Å². The summed E-state index contributed by atoms with van der Waals surface area (Å²) in [5, 5.41) is 13.2. The number of carbonyl (C=O) groups excluding carboxylic acids is 1. The summed E-state index contributed by atoms with van der Waals surface area (Å²) < 4.78 is 6.23. The zero-order chi connectivity index (χ0) is 19.3. The Kier molecular flexibility index (Phi) is 6.62. The summed E-state index contributed by atoms with van der Waals surface area (Å²) in [6, 6.07) is 10.3. The minimum absolute atomic E-state index is 0.0305. The summed E-state index contributed by atoms with van der Waals surface area (Å²) >= 11 is 0. The van der Waals surface area contributed by atoms with Gasteiger partial charge in [-0.25, -0.2) is 0 Å².